The van der Waals surface area contributed by atoms with Crippen LogP contribution in [-0.4, -0.2) is 18.3 Å². The van der Waals surface area contributed by atoms with Gasteiger partial charge in [-0.3, -0.25) is 0 Å². The molecule has 66 valence electrons. The zero-order valence-corrected chi connectivity index (χ0v) is 7.29. The lowest BCUT2D eigenvalue weighted by Crippen LogP contribution is -2.01. The summed E-state index contributed by atoms with van der Waals surface area (Å²) in [6.07, 6.45) is 1.04. The van der Waals surface area contributed by atoms with Gasteiger partial charge in [-0.2, -0.15) is 0 Å². The van der Waals surface area contributed by atoms with Crippen LogP contribution in [0.15, 0.2) is 24.3 Å². The molecule has 0 spiro atoms. The van der Waals surface area contributed by atoms with E-state index >= 15 is 0 Å². The zero-order chi connectivity index (χ0) is 8.81. The first-order valence-electron chi connectivity index (χ1n) is 4.19. The maximum atomic E-state index is 8.50. The molecule has 1 rings (SSSR count). The van der Waals surface area contributed by atoms with Crippen LogP contribution in [-0.2, 0) is 6.42 Å². The number of benzene rings is 1. The molecule has 12 heavy (non-hydrogen) atoms. The van der Waals surface area contributed by atoms with Crippen molar-refractivity contribution in [2.75, 3.05) is 13.2 Å². The van der Waals surface area contributed by atoms with Gasteiger partial charge in [0.2, 0.25) is 0 Å². The molecule has 2 heteroatoms. The van der Waals surface area contributed by atoms with Gasteiger partial charge in [-0.05, 0) is 24.1 Å². The number of hydrogen-bond acceptors (Lipinski definition) is 2. The summed E-state index contributed by atoms with van der Waals surface area (Å²) in [5.74, 6) is 0.821. The van der Waals surface area contributed by atoms with Crippen LogP contribution >= 0.6 is 0 Å². The number of hydrogen-bond donors (Lipinski definition) is 1. The smallest absolute Gasteiger partial charge is 0.119 e. The summed E-state index contributed by atoms with van der Waals surface area (Å²) in [4.78, 5) is 0. The molecule has 0 fully saturated rings. The van der Waals surface area contributed by atoms with Gasteiger partial charge in [0, 0.05) is 0 Å². The fourth-order valence-corrected chi connectivity index (χ4v) is 0.985. The van der Waals surface area contributed by atoms with Crippen molar-refractivity contribution in [1.82, 2.24) is 0 Å². The highest BCUT2D eigenvalue weighted by Gasteiger charge is 1.92. The Labute approximate surface area is 72.8 Å². The molecule has 0 aliphatic carbocycles. The second-order valence-corrected chi connectivity index (χ2v) is 2.57. The molecule has 0 unspecified atom stereocenters. The monoisotopic (exact) mass is 166 g/mol. The second-order valence-electron chi connectivity index (χ2n) is 2.57. The summed E-state index contributed by atoms with van der Waals surface area (Å²) in [5, 5.41) is 8.50. The molecule has 0 heterocycles. The second kappa shape index (κ2) is 4.78. The van der Waals surface area contributed by atoms with Crippen LogP contribution < -0.4 is 4.74 Å². The number of aliphatic hydroxyl groups is 1. The van der Waals surface area contributed by atoms with Crippen molar-refractivity contribution in [3.63, 3.8) is 0 Å². The molecule has 1 aromatic carbocycles. The lowest BCUT2D eigenvalue weighted by Gasteiger charge is -2.03. The van der Waals surface area contributed by atoms with Gasteiger partial charge in [0.05, 0.1) is 6.61 Å². The Kier molecular flexibility index (Phi) is 3.61. The lowest BCUT2D eigenvalue weighted by atomic mass is 10.2. The number of aryl methyl sites for hydroxylation is 1. The Bertz CT molecular complexity index is 216. The first kappa shape index (κ1) is 9.07. The molecule has 0 saturated carbocycles. The van der Waals surface area contributed by atoms with E-state index in [4.69, 9.17) is 9.84 Å². The predicted octanol–water partition coefficient (Wildman–Crippen LogP) is 1.62. The minimum absolute atomic E-state index is 0.0650. The van der Waals surface area contributed by atoms with Gasteiger partial charge in [-0.25, -0.2) is 0 Å². The normalized spacial score (nSPS) is 9.83. The van der Waals surface area contributed by atoms with Crippen LogP contribution in [0.1, 0.15) is 12.5 Å². The molecular weight excluding hydrogens is 152 g/mol. The summed E-state index contributed by atoms with van der Waals surface area (Å²) < 4.78 is 5.20. The average Bonchev–Trinajstić information content (AvgIpc) is 2.15. The Morgan fingerprint density at radius 3 is 2.42 bits per heavy atom. The van der Waals surface area contributed by atoms with E-state index in [9.17, 15) is 0 Å². The quantitative estimate of drug-likeness (QED) is 0.736. The van der Waals surface area contributed by atoms with Gasteiger partial charge in [0.1, 0.15) is 12.4 Å². The van der Waals surface area contributed by atoms with Crippen LogP contribution in [0.25, 0.3) is 0 Å². The summed E-state index contributed by atoms with van der Waals surface area (Å²) >= 11 is 0. The van der Waals surface area contributed by atoms with Crippen molar-refractivity contribution < 1.29 is 9.84 Å². The van der Waals surface area contributed by atoms with E-state index in [1.165, 1.54) is 5.56 Å². The van der Waals surface area contributed by atoms with Crippen molar-refractivity contribution in [1.29, 1.82) is 0 Å². The van der Waals surface area contributed by atoms with Gasteiger partial charge < -0.3 is 9.84 Å². The van der Waals surface area contributed by atoms with Crippen molar-refractivity contribution in [3.05, 3.63) is 29.8 Å². The van der Waals surface area contributed by atoms with Crippen LogP contribution in [0.3, 0.4) is 0 Å². The third kappa shape index (κ3) is 2.55. The van der Waals surface area contributed by atoms with Gasteiger partial charge in [-0.15, -0.1) is 0 Å². The minimum atomic E-state index is 0.0650. The fraction of sp³-hybridized carbons (Fsp3) is 0.400. The first-order valence-corrected chi connectivity index (χ1v) is 4.19. The van der Waals surface area contributed by atoms with E-state index in [1.54, 1.807) is 0 Å². The molecule has 0 aromatic heterocycles. The average molecular weight is 166 g/mol. The van der Waals surface area contributed by atoms with Gasteiger partial charge >= 0.3 is 0 Å². The molecule has 0 amide bonds. The third-order valence-electron chi connectivity index (χ3n) is 1.69. The lowest BCUT2D eigenvalue weighted by molar-refractivity contribution is 0.201. The van der Waals surface area contributed by atoms with Gasteiger partial charge in [0.25, 0.3) is 0 Å². The Morgan fingerprint density at radius 2 is 1.92 bits per heavy atom. The van der Waals surface area contributed by atoms with Crippen molar-refractivity contribution in [2.45, 2.75) is 13.3 Å². The van der Waals surface area contributed by atoms with Crippen molar-refractivity contribution in [2.24, 2.45) is 0 Å². The Hall–Kier alpha value is -1.02. The molecule has 0 atom stereocenters. The zero-order valence-electron chi connectivity index (χ0n) is 7.29. The highest BCUT2D eigenvalue weighted by Crippen LogP contribution is 2.11. The van der Waals surface area contributed by atoms with E-state index in [-0.39, 0.29) is 6.61 Å². The molecule has 0 aliphatic rings. The van der Waals surface area contributed by atoms with Crippen molar-refractivity contribution >= 4 is 0 Å². The molecule has 2 nitrogen and oxygen atoms in total. The molecule has 0 bridgehead atoms. The van der Waals surface area contributed by atoms with E-state index in [0.717, 1.165) is 12.2 Å². The number of aliphatic hydroxyl groups excluding tert-OH is 1. The summed E-state index contributed by atoms with van der Waals surface area (Å²) in [5.41, 5.74) is 1.30. The number of ether oxygens (including phenoxy) is 1. The highest BCUT2D eigenvalue weighted by molar-refractivity contribution is 5.27. The van der Waals surface area contributed by atoms with Crippen LogP contribution in [0.2, 0.25) is 0 Å². The van der Waals surface area contributed by atoms with Crippen LogP contribution in [0.4, 0.5) is 0 Å². The summed E-state index contributed by atoms with van der Waals surface area (Å²) in [6.45, 7) is 2.55. The molecule has 0 radical (unpaired) electrons. The van der Waals surface area contributed by atoms with Gasteiger partial charge in [0.15, 0.2) is 0 Å². The molecule has 0 aliphatic heterocycles. The van der Waals surface area contributed by atoms with Gasteiger partial charge in [-0.1, -0.05) is 19.1 Å². The van der Waals surface area contributed by atoms with Crippen LogP contribution in [0, 0.1) is 0 Å². The van der Waals surface area contributed by atoms with E-state index in [2.05, 4.69) is 6.92 Å². The Balaban J connectivity index is 2.53. The topological polar surface area (TPSA) is 29.5 Å². The largest absolute Gasteiger partial charge is 0.491 e. The fourth-order valence-electron chi connectivity index (χ4n) is 0.985. The van der Waals surface area contributed by atoms with E-state index < -0.39 is 0 Å². The van der Waals surface area contributed by atoms with Crippen LogP contribution in [0.5, 0.6) is 5.75 Å². The highest BCUT2D eigenvalue weighted by atomic mass is 16.5. The molecule has 1 aromatic rings. The summed E-state index contributed by atoms with van der Waals surface area (Å²) in [7, 11) is 0. The Morgan fingerprint density at radius 1 is 1.25 bits per heavy atom. The maximum Gasteiger partial charge on any atom is 0.119 e. The summed E-state index contributed by atoms with van der Waals surface area (Å²) in [6, 6.07) is 7.92. The minimum Gasteiger partial charge on any atom is -0.491 e. The SMILES string of the molecule is CCc1ccc(OCCO)cc1. The predicted molar refractivity (Wildman–Crippen MR) is 48.4 cm³/mol. The van der Waals surface area contributed by atoms with E-state index in [0.29, 0.717) is 6.61 Å². The number of rotatable bonds is 4. The van der Waals surface area contributed by atoms with Crippen molar-refractivity contribution in [3.8, 4) is 5.75 Å². The standard InChI is InChI=1S/C10H14O2/c1-2-9-3-5-10(6-4-9)12-8-7-11/h3-6,11H,2,7-8H2,1H3. The maximum absolute atomic E-state index is 8.50. The van der Waals surface area contributed by atoms with E-state index in [1.807, 2.05) is 24.3 Å². The molecule has 1 N–H and O–H groups in total. The molecule has 0 saturated heterocycles. The third-order valence-corrected chi connectivity index (χ3v) is 1.69. The first-order chi connectivity index (χ1) is 5.86. The molecular formula is C10H14O2.